The van der Waals surface area contributed by atoms with Crippen LogP contribution in [-0.2, 0) is 19.0 Å². The molecule has 140 valence electrons. The van der Waals surface area contributed by atoms with Gasteiger partial charge in [-0.3, -0.25) is 9.50 Å². The maximum Gasteiger partial charge on any atom is 0.412 e. The molecule has 0 bridgehead atoms. The minimum absolute atomic E-state index is 0.0651. The maximum atomic E-state index is 12.3. The number of aryl methyl sites for hydroxylation is 1. The second kappa shape index (κ2) is 8.33. The minimum atomic E-state index is -3.93. The molecule has 1 N–H and O–H groups in total. The Balaban J connectivity index is 2.00. The highest BCUT2D eigenvalue weighted by atomic mass is 32.2. The van der Waals surface area contributed by atoms with E-state index >= 15 is 0 Å². The number of anilines is 1. The molecule has 2 rings (SSSR count). The van der Waals surface area contributed by atoms with Gasteiger partial charge in [-0.2, -0.15) is 8.42 Å². The standard InChI is InChI=1S/C19H23NO5S/c1-4-19(3,25-18(21)20-16-8-6-5-7-9-16)14-24-26(22,23)17-12-10-15(2)11-13-17/h5-13H,4,14H2,1-3H3,(H,20,21). The summed E-state index contributed by atoms with van der Waals surface area (Å²) < 4.78 is 35.1. The van der Waals surface area contributed by atoms with E-state index in [9.17, 15) is 13.2 Å². The molecule has 0 fully saturated rings. The van der Waals surface area contributed by atoms with Crippen LogP contribution in [0.2, 0.25) is 0 Å². The summed E-state index contributed by atoms with van der Waals surface area (Å²) in [5.74, 6) is 0. The molecule has 0 aliphatic carbocycles. The number of carbonyl (C=O) groups is 1. The van der Waals surface area contributed by atoms with Crippen molar-refractivity contribution in [1.82, 2.24) is 0 Å². The Bertz CT molecular complexity index is 834. The summed E-state index contributed by atoms with van der Waals surface area (Å²) in [6, 6.07) is 15.2. The molecular formula is C19H23NO5S. The molecule has 0 aliphatic heterocycles. The van der Waals surface area contributed by atoms with E-state index < -0.39 is 21.8 Å². The van der Waals surface area contributed by atoms with E-state index in [1.807, 2.05) is 13.0 Å². The van der Waals surface area contributed by atoms with E-state index in [2.05, 4.69) is 5.32 Å². The first-order valence-corrected chi connectivity index (χ1v) is 9.66. The first kappa shape index (κ1) is 19.9. The Labute approximate surface area is 154 Å². The molecular weight excluding hydrogens is 354 g/mol. The quantitative estimate of drug-likeness (QED) is 0.734. The number of carbonyl (C=O) groups excluding carboxylic acids is 1. The van der Waals surface area contributed by atoms with E-state index in [1.54, 1.807) is 50.2 Å². The second-order valence-electron chi connectivity index (χ2n) is 6.21. The molecule has 0 saturated heterocycles. The number of ether oxygens (including phenoxy) is 1. The Morgan fingerprint density at radius 2 is 1.69 bits per heavy atom. The van der Waals surface area contributed by atoms with Crippen molar-refractivity contribution < 1.29 is 22.1 Å². The molecule has 0 aromatic heterocycles. The van der Waals surface area contributed by atoms with Gasteiger partial charge in [0.1, 0.15) is 12.2 Å². The average Bonchev–Trinajstić information content (AvgIpc) is 2.61. The Morgan fingerprint density at radius 3 is 2.27 bits per heavy atom. The van der Waals surface area contributed by atoms with Gasteiger partial charge >= 0.3 is 6.09 Å². The van der Waals surface area contributed by atoms with Crippen LogP contribution >= 0.6 is 0 Å². The Kier molecular flexibility index (Phi) is 6.39. The highest BCUT2D eigenvalue weighted by molar-refractivity contribution is 7.86. The zero-order chi connectivity index (χ0) is 19.2. The molecule has 7 heteroatoms. The summed E-state index contributed by atoms with van der Waals surface area (Å²) in [5.41, 5.74) is 0.448. The van der Waals surface area contributed by atoms with Crippen molar-refractivity contribution in [3.8, 4) is 0 Å². The second-order valence-corrected chi connectivity index (χ2v) is 7.83. The summed E-state index contributed by atoms with van der Waals surface area (Å²) in [7, 11) is -3.93. The van der Waals surface area contributed by atoms with Crippen LogP contribution in [0.3, 0.4) is 0 Å². The lowest BCUT2D eigenvalue weighted by atomic mass is 10.1. The fourth-order valence-corrected chi connectivity index (χ4v) is 3.08. The third kappa shape index (κ3) is 5.57. The third-order valence-electron chi connectivity index (χ3n) is 3.94. The van der Waals surface area contributed by atoms with Crippen LogP contribution in [0, 0.1) is 6.92 Å². The van der Waals surface area contributed by atoms with E-state index in [1.165, 1.54) is 12.1 Å². The molecule has 6 nitrogen and oxygen atoms in total. The topological polar surface area (TPSA) is 81.7 Å². The summed E-state index contributed by atoms with van der Waals surface area (Å²) >= 11 is 0. The summed E-state index contributed by atoms with van der Waals surface area (Å²) in [4.78, 5) is 12.1. The fraction of sp³-hybridized carbons (Fsp3) is 0.316. The number of rotatable bonds is 7. The van der Waals surface area contributed by atoms with E-state index in [0.29, 0.717) is 12.1 Å². The number of hydrogen-bond acceptors (Lipinski definition) is 5. The van der Waals surface area contributed by atoms with Gasteiger partial charge in [0, 0.05) is 5.69 Å². The Morgan fingerprint density at radius 1 is 1.08 bits per heavy atom. The zero-order valence-corrected chi connectivity index (χ0v) is 15.9. The van der Waals surface area contributed by atoms with Gasteiger partial charge < -0.3 is 4.74 Å². The molecule has 2 aromatic carbocycles. The van der Waals surface area contributed by atoms with Gasteiger partial charge in [0.05, 0.1) is 4.90 Å². The van der Waals surface area contributed by atoms with Crippen molar-refractivity contribution in [3.05, 3.63) is 60.2 Å². The Hall–Kier alpha value is -2.38. The number of amides is 1. The van der Waals surface area contributed by atoms with E-state index in [4.69, 9.17) is 8.92 Å². The molecule has 0 radical (unpaired) electrons. The molecule has 0 aliphatic rings. The maximum absolute atomic E-state index is 12.3. The normalized spacial score (nSPS) is 13.7. The summed E-state index contributed by atoms with van der Waals surface area (Å²) in [6.45, 7) is 5.01. The van der Waals surface area contributed by atoms with Crippen LogP contribution in [0.15, 0.2) is 59.5 Å². The predicted octanol–water partition coefficient (Wildman–Crippen LogP) is 4.12. The van der Waals surface area contributed by atoms with Gasteiger partial charge in [0.2, 0.25) is 0 Å². The highest BCUT2D eigenvalue weighted by Crippen LogP contribution is 2.21. The monoisotopic (exact) mass is 377 g/mol. The van der Waals surface area contributed by atoms with E-state index in [-0.39, 0.29) is 11.5 Å². The molecule has 0 spiro atoms. The van der Waals surface area contributed by atoms with Crippen LogP contribution in [0.1, 0.15) is 25.8 Å². The summed E-state index contributed by atoms with van der Waals surface area (Å²) in [6.07, 6.45) is -0.282. The van der Waals surface area contributed by atoms with Crippen LogP contribution in [0.4, 0.5) is 10.5 Å². The van der Waals surface area contributed by atoms with Crippen molar-refractivity contribution in [2.75, 3.05) is 11.9 Å². The molecule has 0 saturated carbocycles. The number of nitrogens with one attached hydrogen (secondary N) is 1. The number of para-hydroxylation sites is 1. The van der Waals surface area contributed by atoms with Crippen molar-refractivity contribution in [2.45, 2.75) is 37.7 Å². The van der Waals surface area contributed by atoms with Gasteiger partial charge in [-0.1, -0.05) is 42.8 Å². The molecule has 26 heavy (non-hydrogen) atoms. The van der Waals surface area contributed by atoms with Crippen molar-refractivity contribution >= 4 is 21.9 Å². The molecule has 1 atom stereocenters. The lowest BCUT2D eigenvalue weighted by molar-refractivity contribution is -0.00339. The van der Waals surface area contributed by atoms with Crippen molar-refractivity contribution in [2.24, 2.45) is 0 Å². The van der Waals surface area contributed by atoms with Crippen LogP contribution in [0.5, 0.6) is 0 Å². The first-order chi connectivity index (χ1) is 12.2. The van der Waals surface area contributed by atoms with Crippen LogP contribution in [0.25, 0.3) is 0 Å². The van der Waals surface area contributed by atoms with E-state index in [0.717, 1.165) is 5.56 Å². The van der Waals surface area contributed by atoms with Crippen LogP contribution in [-0.4, -0.2) is 26.7 Å². The van der Waals surface area contributed by atoms with Gasteiger partial charge in [-0.05, 0) is 44.5 Å². The fourth-order valence-electron chi connectivity index (χ4n) is 2.07. The lowest BCUT2D eigenvalue weighted by Gasteiger charge is -2.27. The van der Waals surface area contributed by atoms with Crippen molar-refractivity contribution in [3.63, 3.8) is 0 Å². The van der Waals surface area contributed by atoms with Crippen LogP contribution < -0.4 is 5.32 Å². The number of benzene rings is 2. The van der Waals surface area contributed by atoms with Gasteiger partial charge in [0.15, 0.2) is 0 Å². The smallest absolute Gasteiger partial charge is 0.412 e. The zero-order valence-electron chi connectivity index (χ0n) is 15.1. The van der Waals surface area contributed by atoms with Gasteiger partial charge in [0.25, 0.3) is 10.1 Å². The summed E-state index contributed by atoms with van der Waals surface area (Å²) in [5, 5.41) is 2.60. The number of hydrogen-bond donors (Lipinski definition) is 1. The van der Waals surface area contributed by atoms with Gasteiger partial charge in [-0.15, -0.1) is 0 Å². The predicted molar refractivity (Wildman–Crippen MR) is 99.6 cm³/mol. The highest BCUT2D eigenvalue weighted by Gasteiger charge is 2.30. The third-order valence-corrected chi connectivity index (χ3v) is 5.21. The SMILES string of the molecule is CCC(C)(COS(=O)(=O)c1ccc(C)cc1)OC(=O)Nc1ccccc1. The molecule has 1 unspecified atom stereocenters. The first-order valence-electron chi connectivity index (χ1n) is 8.25. The average molecular weight is 377 g/mol. The largest absolute Gasteiger partial charge is 0.440 e. The molecule has 2 aromatic rings. The van der Waals surface area contributed by atoms with Crippen molar-refractivity contribution in [1.29, 1.82) is 0 Å². The van der Waals surface area contributed by atoms with Gasteiger partial charge in [-0.25, -0.2) is 4.79 Å². The molecule has 1 amide bonds. The molecule has 0 heterocycles. The lowest BCUT2D eigenvalue weighted by Crippen LogP contribution is -2.38. The minimum Gasteiger partial charge on any atom is -0.440 e.